The van der Waals surface area contributed by atoms with Crippen LogP contribution in [0, 0.1) is 0 Å². The summed E-state index contributed by atoms with van der Waals surface area (Å²) in [7, 11) is 1.59. The Labute approximate surface area is 211 Å². The molecule has 36 heavy (non-hydrogen) atoms. The highest BCUT2D eigenvalue weighted by Gasteiger charge is 2.26. The Kier molecular flexibility index (Phi) is 8.23. The summed E-state index contributed by atoms with van der Waals surface area (Å²) < 4.78 is 22.9. The third-order valence-electron chi connectivity index (χ3n) is 6.09. The Hall–Kier alpha value is -3.84. The molecule has 0 saturated carbocycles. The van der Waals surface area contributed by atoms with Crippen molar-refractivity contribution >= 4 is 11.7 Å². The highest BCUT2D eigenvalue weighted by molar-refractivity contribution is 5.94. The van der Waals surface area contributed by atoms with Crippen LogP contribution in [0.4, 0.5) is 0 Å². The van der Waals surface area contributed by atoms with Gasteiger partial charge in [0.25, 0.3) is 5.91 Å². The number of carbonyl (C=O) groups is 2. The van der Waals surface area contributed by atoms with Crippen molar-refractivity contribution in [3.05, 3.63) is 84.1 Å². The SMILES string of the molecule is C=CCOc1ccc(CN(C[C@H]2CCCO2)C(=O)c2ccc(-c3ccc(C(C)=O)cc3)o2)cc1OC. The molecule has 1 amide bonds. The summed E-state index contributed by atoms with van der Waals surface area (Å²) in [5.74, 6) is 1.80. The van der Waals surface area contributed by atoms with Crippen LogP contribution in [0.1, 0.15) is 46.2 Å². The number of furan rings is 1. The summed E-state index contributed by atoms with van der Waals surface area (Å²) in [6.45, 7) is 7.10. The van der Waals surface area contributed by atoms with Crippen molar-refractivity contribution in [3.8, 4) is 22.8 Å². The van der Waals surface area contributed by atoms with E-state index in [1.807, 2.05) is 30.3 Å². The van der Waals surface area contributed by atoms with E-state index in [0.29, 0.717) is 49.1 Å². The maximum absolute atomic E-state index is 13.6. The van der Waals surface area contributed by atoms with Crippen LogP contribution in [0.15, 0.2) is 71.7 Å². The Morgan fingerprint density at radius 3 is 2.58 bits per heavy atom. The summed E-state index contributed by atoms with van der Waals surface area (Å²) in [4.78, 5) is 26.9. The summed E-state index contributed by atoms with van der Waals surface area (Å²) >= 11 is 0. The van der Waals surface area contributed by atoms with Gasteiger partial charge in [0.15, 0.2) is 23.0 Å². The molecular formula is C29H31NO6. The molecule has 2 aromatic carbocycles. The molecule has 0 N–H and O–H groups in total. The average Bonchev–Trinajstić information content (AvgIpc) is 3.60. The van der Waals surface area contributed by atoms with Gasteiger partial charge in [0, 0.05) is 30.8 Å². The minimum atomic E-state index is -0.219. The summed E-state index contributed by atoms with van der Waals surface area (Å²) in [6.07, 6.45) is 3.55. The number of carbonyl (C=O) groups excluding carboxylic acids is 2. The fourth-order valence-electron chi connectivity index (χ4n) is 4.19. The summed E-state index contributed by atoms with van der Waals surface area (Å²) in [5.41, 5.74) is 2.32. The molecule has 2 heterocycles. The summed E-state index contributed by atoms with van der Waals surface area (Å²) in [5, 5.41) is 0. The smallest absolute Gasteiger partial charge is 0.289 e. The second-order valence-corrected chi connectivity index (χ2v) is 8.70. The van der Waals surface area contributed by atoms with E-state index in [9.17, 15) is 9.59 Å². The first-order valence-electron chi connectivity index (χ1n) is 12.0. The number of hydrogen-bond donors (Lipinski definition) is 0. The number of nitrogens with zero attached hydrogens (tertiary/aromatic N) is 1. The van der Waals surface area contributed by atoms with E-state index >= 15 is 0 Å². The molecule has 0 spiro atoms. The standard InChI is InChI=1S/C29H31NO6/c1-4-15-35-26-12-7-21(17-28(26)33-3)18-30(19-24-6-5-16-34-24)29(32)27-14-13-25(36-27)23-10-8-22(9-11-23)20(2)31/h4,7-14,17,24H,1,5-6,15-16,18-19H2,2-3H3/t24-/m1/s1. The fraction of sp³-hybridized carbons (Fsp3) is 0.310. The number of ether oxygens (including phenoxy) is 3. The van der Waals surface area contributed by atoms with Crippen molar-refractivity contribution in [2.75, 3.05) is 26.9 Å². The lowest BCUT2D eigenvalue weighted by Crippen LogP contribution is -2.36. The maximum Gasteiger partial charge on any atom is 0.289 e. The van der Waals surface area contributed by atoms with Crippen LogP contribution >= 0.6 is 0 Å². The van der Waals surface area contributed by atoms with E-state index in [2.05, 4.69) is 6.58 Å². The van der Waals surface area contributed by atoms with Gasteiger partial charge in [0.2, 0.25) is 0 Å². The first kappa shape index (κ1) is 25.3. The molecule has 1 aromatic heterocycles. The van der Waals surface area contributed by atoms with Crippen molar-refractivity contribution in [1.82, 2.24) is 4.90 Å². The predicted molar refractivity (Wildman–Crippen MR) is 137 cm³/mol. The van der Waals surface area contributed by atoms with Crippen LogP contribution in [0.5, 0.6) is 11.5 Å². The zero-order valence-electron chi connectivity index (χ0n) is 20.7. The first-order chi connectivity index (χ1) is 17.5. The van der Waals surface area contributed by atoms with Gasteiger partial charge in [0.05, 0.1) is 13.2 Å². The molecule has 3 aromatic rings. The van der Waals surface area contributed by atoms with Gasteiger partial charge in [-0.2, -0.15) is 0 Å². The average molecular weight is 490 g/mol. The van der Waals surface area contributed by atoms with Gasteiger partial charge < -0.3 is 23.5 Å². The number of methoxy groups -OCH3 is 1. The molecule has 188 valence electrons. The topological polar surface area (TPSA) is 78.2 Å². The molecule has 1 saturated heterocycles. The van der Waals surface area contributed by atoms with Crippen LogP contribution < -0.4 is 9.47 Å². The minimum Gasteiger partial charge on any atom is -0.493 e. The summed E-state index contributed by atoms with van der Waals surface area (Å²) in [6, 6.07) is 16.2. The van der Waals surface area contributed by atoms with Crippen molar-refractivity contribution in [2.24, 2.45) is 0 Å². The number of amides is 1. The molecule has 1 aliphatic rings. The van der Waals surface area contributed by atoms with E-state index in [4.69, 9.17) is 18.6 Å². The first-order valence-corrected chi connectivity index (χ1v) is 12.0. The molecular weight excluding hydrogens is 458 g/mol. The van der Waals surface area contributed by atoms with E-state index in [1.54, 1.807) is 42.4 Å². The number of benzene rings is 2. The van der Waals surface area contributed by atoms with Gasteiger partial charge in [-0.05, 0) is 49.6 Å². The lowest BCUT2D eigenvalue weighted by atomic mass is 10.1. The van der Waals surface area contributed by atoms with Crippen molar-refractivity contribution < 1.29 is 28.2 Å². The highest BCUT2D eigenvalue weighted by Crippen LogP contribution is 2.30. The monoisotopic (exact) mass is 489 g/mol. The normalized spacial score (nSPS) is 14.9. The van der Waals surface area contributed by atoms with Gasteiger partial charge in [0.1, 0.15) is 12.4 Å². The molecule has 1 aliphatic heterocycles. The van der Waals surface area contributed by atoms with Crippen LogP contribution in [0.2, 0.25) is 0 Å². The van der Waals surface area contributed by atoms with Crippen LogP contribution in [0.3, 0.4) is 0 Å². The third-order valence-corrected chi connectivity index (χ3v) is 6.09. The lowest BCUT2D eigenvalue weighted by Gasteiger charge is -2.25. The Morgan fingerprint density at radius 2 is 1.92 bits per heavy atom. The number of rotatable bonds is 11. The molecule has 0 unspecified atom stereocenters. The number of Topliss-reactive ketones (excluding diaryl/α,β-unsaturated/α-hetero) is 1. The fourth-order valence-corrected chi connectivity index (χ4v) is 4.19. The molecule has 1 fully saturated rings. The number of hydrogen-bond acceptors (Lipinski definition) is 6. The minimum absolute atomic E-state index is 0.00133. The highest BCUT2D eigenvalue weighted by atomic mass is 16.5. The molecule has 0 aliphatic carbocycles. The largest absolute Gasteiger partial charge is 0.493 e. The van der Waals surface area contributed by atoms with E-state index in [0.717, 1.165) is 24.0 Å². The van der Waals surface area contributed by atoms with Crippen LogP contribution in [0.25, 0.3) is 11.3 Å². The van der Waals surface area contributed by atoms with Crippen LogP contribution in [-0.2, 0) is 11.3 Å². The third kappa shape index (κ3) is 6.04. The molecule has 1 atom stereocenters. The van der Waals surface area contributed by atoms with E-state index < -0.39 is 0 Å². The van der Waals surface area contributed by atoms with Gasteiger partial charge in [-0.3, -0.25) is 9.59 Å². The van der Waals surface area contributed by atoms with Crippen molar-refractivity contribution in [3.63, 3.8) is 0 Å². The molecule has 0 radical (unpaired) electrons. The van der Waals surface area contributed by atoms with Crippen molar-refractivity contribution in [1.29, 1.82) is 0 Å². The van der Waals surface area contributed by atoms with Gasteiger partial charge in [-0.25, -0.2) is 0 Å². The van der Waals surface area contributed by atoms with Gasteiger partial charge >= 0.3 is 0 Å². The van der Waals surface area contributed by atoms with Gasteiger partial charge in [-0.15, -0.1) is 0 Å². The molecule has 7 heteroatoms. The Balaban J connectivity index is 1.55. The van der Waals surface area contributed by atoms with E-state index in [-0.39, 0.29) is 23.6 Å². The van der Waals surface area contributed by atoms with E-state index in [1.165, 1.54) is 6.92 Å². The predicted octanol–water partition coefficient (Wildman–Crippen LogP) is 5.54. The number of ketones is 1. The molecule has 4 rings (SSSR count). The van der Waals surface area contributed by atoms with Crippen LogP contribution in [-0.4, -0.2) is 49.6 Å². The second kappa shape index (κ2) is 11.7. The maximum atomic E-state index is 13.6. The zero-order chi connectivity index (χ0) is 25.5. The Morgan fingerprint density at radius 1 is 1.11 bits per heavy atom. The zero-order valence-corrected chi connectivity index (χ0v) is 20.7. The quantitative estimate of drug-likeness (QED) is 0.260. The molecule has 0 bridgehead atoms. The molecule has 7 nitrogen and oxygen atoms in total. The Bertz CT molecular complexity index is 1210. The lowest BCUT2D eigenvalue weighted by molar-refractivity contribution is 0.0484. The van der Waals surface area contributed by atoms with Gasteiger partial charge in [-0.1, -0.05) is 43.0 Å². The second-order valence-electron chi connectivity index (χ2n) is 8.70. The van der Waals surface area contributed by atoms with Crippen molar-refractivity contribution in [2.45, 2.75) is 32.4 Å².